The molecule has 4 rings (SSSR count). The lowest BCUT2D eigenvalue weighted by atomic mass is 10.2. The molecule has 12 nitrogen and oxygen atoms in total. The summed E-state index contributed by atoms with van der Waals surface area (Å²) in [6, 6.07) is 7.03. The second-order valence-corrected chi connectivity index (χ2v) is 8.73. The van der Waals surface area contributed by atoms with Gasteiger partial charge in [0.1, 0.15) is 28.5 Å². The van der Waals surface area contributed by atoms with Crippen LogP contribution in [0.1, 0.15) is 31.1 Å². The van der Waals surface area contributed by atoms with Crippen LogP contribution < -0.4 is 21.5 Å². The lowest BCUT2D eigenvalue weighted by Gasteiger charge is -2.25. The molecule has 0 aliphatic heterocycles. The molecule has 0 fully saturated rings. The van der Waals surface area contributed by atoms with Gasteiger partial charge in [0.15, 0.2) is 17.3 Å². The smallest absolute Gasteiger partial charge is 0.415 e. The largest absolute Gasteiger partial charge is 0.443 e. The predicted octanol–water partition coefficient (Wildman–Crippen LogP) is 2.63. The van der Waals surface area contributed by atoms with E-state index in [0.29, 0.717) is 0 Å². The minimum atomic E-state index is -0.784. The van der Waals surface area contributed by atoms with Crippen molar-refractivity contribution in [2.75, 3.05) is 17.3 Å². The van der Waals surface area contributed by atoms with E-state index in [1.165, 1.54) is 65.4 Å². The van der Waals surface area contributed by atoms with E-state index < -0.39 is 29.0 Å². The summed E-state index contributed by atoms with van der Waals surface area (Å²) in [5, 5.41) is 7.00. The summed E-state index contributed by atoms with van der Waals surface area (Å²) in [7, 11) is 1.46. The molecule has 0 aliphatic rings. The van der Waals surface area contributed by atoms with E-state index >= 15 is 0 Å². The maximum atomic E-state index is 14.3. The van der Waals surface area contributed by atoms with Gasteiger partial charge >= 0.3 is 6.09 Å². The summed E-state index contributed by atoms with van der Waals surface area (Å²) < 4.78 is 22.0. The van der Waals surface area contributed by atoms with Crippen LogP contribution in [-0.2, 0) is 4.74 Å². The van der Waals surface area contributed by atoms with Crippen molar-refractivity contribution >= 4 is 35.0 Å². The third-order valence-corrected chi connectivity index (χ3v) is 4.91. The molecule has 4 heterocycles. The first kappa shape index (κ1) is 24.3. The summed E-state index contributed by atoms with van der Waals surface area (Å²) >= 11 is 0. The number of fused-ring (bicyclic) bond motifs is 1. The van der Waals surface area contributed by atoms with Crippen LogP contribution in [0.25, 0.3) is 11.5 Å². The van der Waals surface area contributed by atoms with Crippen molar-refractivity contribution in [2.24, 2.45) is 5.73 Å². The Bertz CT molecular complexity index is 1540. The highest BCUT2D eigenvalue weighted by Gasteiger charge is 2.25. The molecule has 4 aromatic rings. The average molecular weight is 494 g/mol. The van der Waals surface area contributed by atoms with E-state index in [0.717, 1.165) is 4.57 Å². The van der Waals surface area contributed by atoms with Gasteiger partial charge in [-0.05, 0) is 45.0 Å². The number of hydrogen-bond acceptors (Lipinski definition) is 8. The summed E-state index contributed by atoms with van der Waals surface area (Å²) in [5.74, 6) is -1.37. The number of anilines is 3. The van der Waals surface area contributed by atoms with Gasteiger partial charge in [-0.25, -0.2) is 19.2 Å². The highest BCUT2D eigenvalue weighted by molar-refractivity contribution is 5.99. The van der Waals surface area contributed by atoms with Crippen molar-refractivity contribution in [3.8, 4) is 5.82 Å². The Morgan fingerprint density at radius 1 is 1.22 bits per heavy atom. The van der Waals surface area contributed by atoms with E-state index in [-0.39, 0.29) is 34.4 Å². The van der Waals surface area contributed by atoms with Crippen LogP contribution in [0.5, 0.6) is 0 Å². The van der Waals surface area contributed by atoms with Crippen molar-refractivity contribution < 1.29 is 18.7 Å². The number of carbonyl (C=O) groups excluding carboxylic acids is 2. The van der Waals surface area contributed by atoms with Gasteiger partial charge in [-0.2, -0.15) is 9.61 Å². The summed E-state index contributed by atoms with van der Waals surface area (Å²) in [6.45, 7) is 5.16. The van der Waals surface area contributed by atoms with Gasteiger partial charge in [0.2, 0.25) is 0 Å². The summed E-state index contributed by atoms with van der Waals surface area (Å²) in [4.78, 5) is 47.2. The van der Waals surface area contributed by atoms with Crippen LogP contribution in [0, 0.1) is 5.82 Å². The summed E-state index contributed by atoms with van der Waals surface area (Å²) in [6.07, 6.45) is 3.27. The van der Waals surface area contributed by atoms with Crippen LogP contribution in [0.3, 0.4) is 0 Å². The molecule has 36 heavy (non-hydrogen) atoms. The quantitative estimate of drug-likeness (QED) is 0.430. The van der Waals surface area contributed by atoms with E-state index in [1.807, 2.05) is 0 Å². The number of nitrogens with zero attached hydrogens (tertiary/aromatic N) is 6. The number of nitrogens with two attached hydrogens (primary N) is 1. The maximum absolute atomic E-state index is 14.3. The molecule has 0 aliphatic carbocycles. The molecule has 0 saturated carbocycles. The number of nitrogens with one attached hydrogen (secondary N) is 1. The lowest BCUT2D eigenvalue weighted by molar-refractivity contribution is 0.0587. The molecule has 0 spiro atoms. The zero-order chi connectivity index (χ0) is 26.2. The number of pyridine rings is 2. The first-order valence-electron chi connectivity index (χ1n) is 10.7. The number of hydrogen-bond donors (Lipinski definition) is 2. The number of primary amides is 1. The Hall–Kier alpha value is -4.81. The van der Waals surface area contributed by atoms with Gasteiger partial charge in [-0.3, -0.25) is 19.1 Å². The van der Waals surface area contributed by atoms with Crippen molar-refractivity contribution in [1.29, 1.82) is 0 Å². The normalized spacial score (nSPS) is 11.4. The highest BCUT2D eigenvalue weighted by Crippen LogP contribution is 2.24. The third-order valence-electron chi connectivity index (χ3n) is 4.91. The Balaban J connectivity index is 1.81. The maximum Gasteiger partial charge on any atom is 0.415 e. The molecule has 0 saturated heterocycles. The first-order valence-corrected chi connectivity index (χ1v) is 10.7. The predicted molar refractivity (Wildman–Crippen MR) is 129 cm³/mol. The molecule has 0 atom stereocenters. The Morgan fingerprint density at radius 3 is 2.64 bits per heavy atom. The van der Waals surface area contributed by atoms with Crippen molar-refractivity contribution in [2.45, 2.75) is 26.4 Å². The summed E-state index contributed by atoms with van der Waals surface area (Å²) in [5.41, 5.74) is 4.17. The van der Waals surface area contributed by atoms with Gasteiger partial charge in [-0.1, -0.05) is 0 Å². The van der Waals surface area contributed by atoms with Gasteiger partial charge in [0.25, 0.3) is 11.5 Å². The Kier molecular flexibility index (Phi) is 6.14. The fraction of sp³-hybridized carbons (Fsp3) is 0.217. The molecule has 0 aromatic carbocycles. The number of rotatable bonds is 5. The lowest BCUT2D eigenvalue weighted by Crippen LogP contribution is -2.35. The van der Waals surface area contributed by atoms with Crippen LogP contribution >= 0.6 is 0 Å². The molecule has 3 N–H and O–H groups in total. The monoisotopic (exact) mass is 494 g/mol. The van der Waals surface area contributed by atoms with Crippen LogP contribution in [0.15, 0.2) is 53.7 Å². The zero-order valence-electron chi connectivity index (χ0n) is 19.9. The second-order valence-electron chi connectivity index (χ2n) is 8.73. The van der Waals surface area contributed by atoms with E-state index in [1.54, 1.807) is 20.8 Å². The Labute approximate surface area is 204 Å². The number of aromatic nitrogens is 5. The van der Waals surface area contributed by atoms with Crippen LogP contribution in [0.4, 0.5) is 26.5 Å². The van der Waals surface area contributed by atoms with Crippen molar-refractivity contribution in [3.05, 3.63) is 70.7 Å². The number of ether oxygens (including phenoxy) is 1. The van der Waals surface area contributed by atoms with Gasteiger partial charge in [0.05, 0.1) is 6.20 Å². The number of amides is 2. The van der Waals surface area contributed by atoms with Gasteiger partial charge in [0, 0.05) is 25.5 Å². The van der Waals surface area contributed by atoms with Gasteiger partial charge in [-0.15, -0.1) is 0 Å². The average Bonchev–Trinajstić information content (AvgIpc) is 3.23. The highest BCUT2D eigenvalue weighted by atomic mass is 19.1. The number of halogens is 1. The van der Waals surface area contributed by atoms with E-state index in [9.17, 15) is 18.8 Å². The fourth-order valence-corrected chi connectivity index (χ4v) is 3.30. The molecule has 0 unspecified atom stereocenters. The van der Waals surface area contributed by atoms with Gasteiger partial charge < -0.3 is 15.8 Å². The molecule has 13 heteroatoms. The minimum Gasteiger partial charge on any atom is -0.443 e. The molecular formula is C23H23FN8O4. The molecular weight excluding hydrogens is 471 g/mol. The first-order chi connectivity index (χ1) is 17.0. The van der Waals surface area contributed by atoms with E-state index in [2.05, 4.69) is 20.4 Å². The fourth-order valence-electron chi connectivity index (χ4n) is 3.30. The van der Waals surface area contributed by atoms with E-state index in [4.69, 9.17) is 10.5 Å². The van der Waals surface area contributed by atoms with Crippen LogP contribution in [-0.4, -0.2) is 48.8 Å². The molecule has 0 bridgehead atoms. The van der Waals surface area contributed by atoms with Crippen molar-refractivity contribution in [3.63, 3.8) is 0 Å². The molecule has 186 valence electrons. The van der Waals surface area contributed by atoms with Crippen molar-refractivity contribution in [1.82, 2.24) is 24.1 Å². The minimum absolute atomic E-state index is 0.00137. The SMILES string of the molecule is CN(C(=O)OC(C)(C)C)c1cc(Nc2cccn(-c3ncccc3F)c2=O)nc2c(C(N)=O)cnn12. The standard InChI is InChI=1S/C23H23FN8O4/c1-23(2,3)36-22(35)30(4)17-11-16(29-19-13(18(25)33)12-27-32(17)19)28-15-8-6-10-31(21(15)34)20-14(24)7-5-9-26-20/h5-12H,1-4H3,(H2,25,33)(H,28,29). The second kappa shape index (κ2) is 9.09. The molecule has 2 amide bonds. The Morgan fingerprint density at radius 2 is 1.97 bits per heavy atom. The topological polar surface area (TPSA) is 150 Å². The molecule has 0 radical (unpaired) electrons. The van der Waals surface area contributed by atoms with Crippen LogP contribution in [0.2, 0.25) is 0 Å². The number of carbonyl (C=O) groups is 2. The zero-order valence-corrected chi connectivity index (χ0v) is 19.9. The third kappa shape index (κ3) is 4.71. The molecule has 4 aromatic heterocycles.